The second-order valence-electron chi connectivity index (χ2n) is 4.85. The second kappa shape index (κ2) is 7.72. The Morgan fingerprint density at radius 3 is 2.75 bits per heavy atom. The molecule has 0 heterocycles. The number of halogens is 1. The van der Waals surface area contributed by atoms with Gasteiger partial charge in [0.25, 0.3) is 0 Å². The number of rotatable bonds is 6. The molecule has 3 heteroatoms. The van der Waals surface area contributed by atoms with Gasteiger partial charge in [-0.15, -0.1) is 0 Å². The molecule has 0 aliphatic heterocycles. The normalized spacial score (nSPS) is 10.8. The summed E-state index contributed by atoms with van der Waals surface area (Å²) in [6, 6.07) is 14.6. The first-order chi connectivity index (χ1) is 9.69. The lowest BCUT2D eigenvalue weighted by Gasteiger charge is -2.11. The fraction of sp³-hybridized carbons (Fsp3) is 0.294. The molecule has 0 aliphatic carbocycles. The van der Waals surface area contributed by atoms with E-state index in [1.54, 1.807) is 11.8 Å². The molecule has 1 nitrogen and oxygen atoms in total. The Balaban J connectivity index is 2.17. The van der Waals surface area contributed by atoms with Crippen LogP contribution < -0.4 is 5.32 Å². The molecule has 0 aromatic heterocycles. The van der Waals surface area contributed by atoms with Gasteiger partial charge in [-0.1, -0.05) is 54.0 Å². The Kier molecular flexibility index (Phi) is 5.96. The van der Waals surface area contributed by atoms with Crippen molar-refractivity contribution in [2.24, 2.45) is 0 Å². The number of benzene rings is 2. The Bertz CT molecular complexity index is 569. The molecule has 0 amide bonds. The molecule has 0 aliphatic rings. The summed E-state index contributed by atoms with van der Waals surface area (Å²) < 4.78 is 0. The van der Waals surface area contributed by atoms with Crippen LogP contribution in [0.25, 0.3) is 0 Å². The largest absolute Gasteiger partial charge is 0.313 e. The number of nitrogens with one attached hydrogen (secondary N) is 1. The molecule has 1 N–H and O–H groups in total. The highest BCUT2D eigenvalue weighted by Crippen LogP contribution is 2.32. The predicted molar refractivity (Wildman–Crippen MR) is 88.8 cm³/mol. The molecule has 2 rings (SSSR count). The monoisotopic (exact) mass is 305 g/mol. The molecular formula is C17H20ClNS. The van der Waals surface area contributed by atoms with E-state index >= 15 is 0 Å². The van der Waals surface area contributed by atoms with E-state index in [9.17, 15) is 0 Å². The molecule has 0 fully saturated rings. The predicted octanol–water partition coefficient (Wildman–Crippen LogP) is 5.30. The smallest absolute Gasteiger partial charge is 0.0417 e. The van der Waals surface area contributed by atoms with Gasteiger partial charge >= 0.3 is 0 Å². The van der Waals surface area contributed by atoms with E-state index in [-0.39, 0.29) is 0 Å². The minimum absolute atomic E-state index is 0.785. The van der Waals surface area contributed by atoms with Gasteiger partial charge in [-0.3, -0.25) is 0 Å². The lowest BCUT2D eigenvalue weighted by molar-refractivity contribution is 0.669. The summed E-state index contributed by atoms with van der Waals surface area (Å²) in [6.07, 6.45) is 1.16. The maximum atomic E-state index is 6.05. The van der Waals surface area contributed by atoms with Gasteiger partial charge < -0.3 is 5.32 Å². The Morgan fingerprint density at radius 1 is 1.15 bits per heavy atom. The van der Waals surface area contributed by atoms with Crippen molar-refractivity contribution < 1.29 is 0 Å². The van der Waals surface area contributed by atoms with Crippen LogP contribution in [0.5, 0.6) is 0 Å². The van der Waals surface area contributed by atoms with Crippen LogP contribution in [0.3, 0.4) is 0 Å². The number of aryl methyl sites for hydroxylation is 1. The van der Waals surface area contributed by atoms with Gasteiger partial charge in [-0.2, -0.15) is 0 Å². The van der Waals surface area contributed by atoms with Gasteiger partial charge in [-0.25, -0.2) is 0 Å². The quantitative estimate of drug-likeness (QED) is 0.727. The van der Waals surface area contributed by atoms with Crippen LogP contribution in [0.15, 0.2) is 52.3 Å². The summed E-state index contributed by atoms with van der Waals surface area (Å²) in [5.41, 5.74) is 2.65. The highest BCUT2D eigenvalue weighted by molar-refractivity contribution is 7.99. The van der Waals surface area contributed by atoms with E-state index in [0.717, 1.165) is 24.5 Å². The van der Waals surface area contributed by atoms with Crippen LogP contribution in [0, 0.1) is 6.92 Å². The van der Waals surface area contributed by atoms with Gasteiger partial charge in [0.05, 0.1) is 0 Å². The minimum atomic E-state index is 0.785. The van der Waals surface area contributed by atoms with Crippen molar-refractivity contribution >= 4 is 23.4 Å². The third-order valence-electron chi connectivity index (χ3n) is 2.98. The summed E-state index contributed by atoms with van der Waals surface area (Å²) >= 11 is 7.82. The summed E-state index contributed by atoms with van der Waals surface area (Å²) in [7, 11) is 0. The molecule has 0 saturated carbocycles. The first-order valence-electron chi connectivity index (χ1n) is 6.92. The van der Waals surface area contributed by atoms with Crippen LogP contribution in [-0.4, -0.2) is 6.54 Å². The molecule has 0 radical (unpaired) electrons. The fourth-order valence-corrected chi connectivity index (χ4v) is 3.24. The molecular weight excluding hydrogens is 286 g/mol. The summed E-state index contributed by atoms with van der Waals surface area (Å²) in [5, 5.41) is 4.26. The van der Waals surface area contributed by atoms with E-state index in [1.165, 1.54) is 20.9 Å². The van der Waals surface area contributed by atoms with Gasteiger partial charge in [-0.05, 0) is 49.7 Å². The molecule has 0 spiro atoms. The van der Waals surface area contributed by atoms with Crippen molar-refractivity contribution in [1.82, 2.24) is 5.32 Å². The maximum absolute atomic E-state index is 6.05. The van der Waals surface area contributed by atoms with Gasteiger partial charge in [0, 0.05) is 21.4 Å². The summed E-state index contributed by atoms with van der Waals surface area (Å²) in [5.74, 6) is 0. The topological polar surface area (TPSA) is 12.0 Å². The van der Waals surface area contributed by atoms with Crippen molar-refractivity contribution in [3.63, 3.8) is 0 Å². The van der Waals surface area contributed by atoms with Crippen molar-refractivity contribution in [2.75, 3.05) is 6.54 Å². The molecule has 2 aromatic rings. The zero-order valence-electron chi connectivity index (χ0n) is 11.9. The first-order valence-corrected chi connectivity index (χ1v) is 8.12. The fourth-order valence-electron chi connectivity index (χ4n) is 2.00. The number of hydrogen-bond acceptors (Lipinski definition) is 2. The third-order valence-corrected chi connectivity index (χ3v) is 4.33. The second-order valence-corrected chi connectivity index (χ2v) is 6.40. The van der Waals surface area contributed by atoms with Gasteiger partial charge in [0.2, 0.25) is 0 Å². The highest BCUT2D eigenvalue weighted by Gasteiger charge is 2.05. The first kappa shape index (κ1) is 15.4. The van der Waals surface area contributed by atoms with Crippen molar-refractivity contribution in [3.8, 4) is 0 Å². The highest BCUT2D eigenvalue weighted by atomic mass is 35.5. The van der Waals surface area contributed by atoms with Gasteiger partial charge in [0.15, 0.2) is 0 Å². The lowest BCUT2D eigenvalue weighted by atomic mass is 10.1. The van der Waals surface area contributed by atoms with Crippen molar-refractivity contribution in [3.05, 3.63) is 58.6 Å². The lowest BCUT2D eigenvalue weighted by Crippen LogP contribution is -2.14. The molecule has 20 heavy (non-hydrogen) atoms. The number of hydrogen-bond donors (Lipinski definition) is 1. The standard InChI is InChI=1S/C17H20ClNS/c1-3-9-19-12-14-10-13(2)7-8-17(14)20-16-6-4-5-15(18)11-16/h4-8,10-11,19H,3,9,12H2,1-2H3. The van der Waals surface area contributed by atoms with E-state index in [2.05, 4.69) is 43.4 Å². The van der Waals surface area contributed by atoms with E-state index in [4.69, 9.17) is 11.6 Å². The summed E-state index contributed by atoms with van der Waals surface area (Å²) in [6.45, 7) is 6.29. The van der Waals surface area contributed by atoms with E-state index < -0.39 is 0 Å². The molecule has 0 saturated heterocycles. The Labute approximate surface area is 130 Å². The zero-order valence-corrected chi connectivity index (χ0v) is 13.5. The molecule has 0 unspecified atom stereocenters. The summed E-state index contributed by atoms with van der Waals surface area (Å²) in [4.78, 5) is 2.47. The Morgan fingerprint density at radius 2 is 2.00 bits per heavy atom. The van der Waals surface area contributed by atoms with E-state index in [0.29, 0.717) is 0 Å². The van der Waals surface area contributed by atoms with Crippen LogP contribution in [0.4, 0.5) is 0 Å². The van der Waals surface area contributed by atoms with Crippen LogP contribution >= 0.6 is 23.4 Å². The Hall–Kier alpha value is -0.960. The van der Waals surface area contributed by atoms with Crippen molar-refractivity contribution in [1.29, 1.82) is 0 Å². The SMILES string of the molecule is CCCNCc1cc(C)ccc1Sc1cccc(Cl)c1. The molecule has 106 valence electrons. The maximum Gasteiger partial charge on any atom is 0.0417 e. The molecule has 2 aromatic carbocycles. The zero-order chi connectivity index (χ0) is 14.4. The average Bonchev–Trinajstić information content (AvgIpc) is 2.42. The third kappa shape index (κ3) is 4.55. The van der Waals surface area contributed by atoms with Crippen molar-refractivity contribution in [2.45, 2.75) is 36.6 Å². The van der Waals surface area contributed by atoms with Crippen LogP contribution in [-0.2, 0) is 6.54 Å². The van der Waals surface area contributed by atoms with Crippen LogP contribution in [0.1, 0.15) is 24.5 Å². The van der Waals surface area contributed by atoms with Crippen LogP contribution in [0.2, 0.25) is 5.02 Å². The molecule has 0 atom stereocenters. The minimum Gasteiger partial charge on any atom is -0.313 e. The average molecular weight is 306 g/mol. The van der Waals surface area contributed by atoms with Gasteiger partial charge in [0.1, 0.15) is 0 Å². The van der Waals surface area contributed by atoms with E-state index in [1.807, 2.05) is 18.2 Å². The molecule has 0 bridgehead atoms.